The van der Waals surface area contributed by atoms with Crippen molar-refractivity contribution >= 4 is 27.3 Å². The summed E-state index contributed by atoms with van der Waals surface area (Å²) < 4.78 is 7.21. The summed E-state index contributed by atoms with van der Waals surface area (Å²) in [5.74, 6) is 0. The van der Waals surface area contributed by atoms with Gasteiger partial charge < -0.3 is 10.1 Å². The van der Waals surface area contributed by atoms with Gasteiger partial charge in [0.2, 0.25) is 0 Å². The van der Waals surface area contributed by atoms with Crippen molar-refractivity contribution in [2.75, 3.05) is 27.2 Å². The van der Waals surface area contributed by atoms with Gasteiger partial charge in [0.1, 0.15) is 0 Å². The molecule has 1 fully saturated rings. The largest absolute Gasteiger partial charge is 0.372 e. The number of rotatable bonds is 6. The molecule has 1 aromatic rings. The Morgan fingerprint density at radius 1 is 1.50 bits per heavy atom. The maximum atomic E-state index is 6.00. The van der Waals surface area contributed by atoms with Crippen molar-refractivity contribution in [1.82, 2.24) is 10.2 Å². The minimum atomic E-state index is 0.399. The molecule has 2 heterocycles. The maximum absolute atomic E-state index is 6.00. The van der Waals surface area contributed by atoms with Crippen LogP contribution in [0.3, 0.4) is 0 Å². The number of nitrogens with zero attached hydrogens (tertiary/aromatic N) is 1. The van der Waals surface area contributed by atoms with Crippen molar-refractivity contribution in [3.8, 4) is 0 Å². The smallest absolute Gasteiger partial charge is 0.0707 e. The second-order valence-electron chi connectivity index (χ2n) is 4.97. The van der Waals surface area contributed by atoms with Crippen molar-refractivity contribution in [2.24, 2.45) is 0 Å². The van der Waals surface area contributed by atoms with Crippen LogP contribution in [0.5, 0.6) is 0 Å². The fourth-order valence-electron chi connectivity index (χ4n) is 2.44. The Labute approximate surface area is 122 Å². The molecule has 1 aromatic heterocycles. The first-order chi connectivity index (χ1) is 8.67. The number of thiophene rings is 1. The maximum Gasteiger partial charge on any atom is 0.0707 e. The zero-order valence-electron chi connectivity index (χ0n) is 11.0. The summed E-state index contributed by atoms with van der Waals surface area (Å²) in [6.07, 6.45) is 3.17. The monoisotopic (exact) mass is 332 g/mol. The molecule has 0 amide bonds. The van der Waals surface area contributed by atoms with Gasteiger partial charge in [0, 0.05) is 19.6 Å². The molecule has 1 saturated heterocycles. The molecule has 2 unspecified atom stereocenters. The first-order valence-corrected chi connectivity index (χ1v) is 8.06. The normalized spacial score (nSPS) is 24.0. The van der Waals surface area contributed by atoms with Crippen LogP contribution in [-0.2, 0) is 11.3 Å². The first kappa shape index (κ1) is 14.5. The van der Waals surface area contributed by atoms with Crippen LogP contribution in [0.4, 0.5) is 0 Å². The SMILES string of the molecule is CNCC1CCC(CN(C)Cc2csc(Br)c2)O1. The van der Waals surface area contributed by atoms with Crippen LogP contribution >= 0.6 is 27.3 Å². The number of nitrogens with one attached hydrogen (secondary N) is 1. The minimum absolute atomic E-state index is 0.399. The van der Waals surface area contributed by atoms with Crippen LogP contribution in [0.15, 0.2) is 15.2 Å². The number of halogens is 1. The standard InChI is InChI=1S/C13H21BrN2OS/c1-15-6-11-3-4-12(17-11)8-16(2)7-10-5-13(14)18-9-10/h5,9,11-12,15H,3-4,6-8H2,1-2H3. The number of likely N-dealkylation sites (N-methyl/N-ethyl adjacent to an activating group) is 2. The third-order valence-corrected chi connectivity index (χ3v) is 4.77. The van der Waals surface area contributed by atoms with Crippen molar-refractivity contribution in [2.45, 2.75) is 31.6 Å². The molecule has 1 aliphatic heterocycles. The van der Waals surface area contributed by atoms with Gasteiger partial charge in [0.05, 0.1) is 16.0 Å². The molecule has 0 aromatic carbocycles. The predicted molar refractivity (Wildman–Crippen MR) is 80.2 cm³/mol. The van der Waals surface area contributed by atoms with Gasteiger partial charge in [-0.15, -0.1) is 11.3 Å². The summed E-state index contributed by atoms with van der Waals surface area (Å²) in [5.41, 5.74) is 1.37. The molecule has 0 aliphatic carbocycles. The van der Waals surface area contributed by atoms with E-state index < -0.39 is 0 Å². The Balaban J connectivity index is 1.73. The highest BCUT2D eigenvalue weighted by Crippen LogP contribution is 2.23. The van der Waals surface area contributed by atoms with Gasteiger partial charge in [0.25, 0.3) is 0 Å². The van der Waals surface area contributed by atoms with E-state index in [1.807, 2.05) is 7.05 Å². The van der Waals surface area contributed by atoms with Crippen molar-refractivity contribution in [3.05, 3.63) is 20.8 Å². The Hall–Kier alpha value is 0.0600. The van der Waals surface area contributed by atoms with Gasteiger partial charge in [-0.2, -0.15) is 0 Å². The predicted octanol–water partition coefficient (Wildman–Crippen LogP) is 2.71. The van der Waals surface area contributed by atoms with E-state index in [2.05, 4.69) is 44.6 Å². The summed E-state index contributed by atoms with van der Waals surface area (Å²) in [5, 5.41) is 5.39. The van der Waals surface area contributed by atoms with Crippen LogP contribution in [0.1, 0.15) is 18.4 Å². The molecule has 0 spiro atoms. The Morgan fingerprint density at radius 3 is 2.94 bits per heavy atom. The lowest BCUT2D eigenvalue weighted by Gasteiger charge is -2.21. The van der Waals surface area contributed by atoms with Gasteiger partial charge in [-0.1, -0.05) is 0 Å². The van der Waals surface area contributed by atoms with E-state index in [4.69, 9.17) is 4.74 Å². The lowest BCUT2D eigenvalue weighted by Crippen LogP contribution is -2.30. The van der Waals surface area contributed by atoms with Gasteiger partial charge in [0.15, 0.2) is 0 Å². The average Bonchev–Trinajstić information content (AvgIpc) is 2.89. The zero-order valence-corrected chi connectivity index (χ0v) is 13.4. The molecule has 1 N–H and O–H groups in total. The quantitative estimate of drug-likeness (QED) is 0.866. The molecular formula is C13H21BrN2OS. The first-order valence-electron chi connectivity index (χ1n) is 6.39. The van der Waals surface area contributed by atoms with Gasteiger partial charge >= 0.3 is 0 Å². The summed E-state index contributed by atoms with van der Waals surface area (Å²) in [4.78, 5) is 2.35. The van der Waals surface area contributed by atoms with E-state index >= 15 is 0 Å². The van der Waals surface area contributed by atoms with E-state index in [0.29, 0.717) is 12.2 Å². The van der Waals surface area contributed by atoms with Crippen LogP contribution in [0, 0.1) is 0 Å². The third kappa shape index (κ3) is 4.31. The Kier molecular flexibility index (Phi) is 5.63. The topological polar surface area (TPSA) is 24.5 Å². The molecule has 2 rings (SSSR count). The molecule has 102 valence electrons. The third-order valence-electron chi connectivity index (χ3n) is 3.22. The Morgan fingerprint density at radius 2 is 2.28 bits per heavy atom. The molecule has 5 heteroatoms. The van der Waals surface area contributed by atoms with Gasteiger partial charge in [-0.25, -0.2) is 0 Å². The molecular weight excluding hydrogens is 312 g/mol. The summed E-state index contributed by atoms with van der Waals surface area (Å²) >= 11 is 5.25. The van der Waals surface area contributed by atoms with E-state index in [1.54, 1.807) is 11.3 Å². The van der Waals surface area contributed by atoms with E-state index in [0.717, 1.165) is 19.6 Å². The number of hydrogen-bond donors (Lipinski definition) is 1. The van der Waals surface area contributed by atoms with E-state index in [1.165, 1.54) is 22.2 Å². The second-order valence-corrected chi connectivity index (χ2v) is 7.26. The number of hydrogen-bond acceptors (Lipinski definition) is 4. The molecule has 18 heavy (non-hydrogen) atoms. The molecule has 1 aliphatic rings. The molecule has 0 saturated carbocycles. The van der Waals surface area contributed by atoms with Crippen molar-refractivity contribution in [3.63, 3.8) is 0 Å². The van der Waals surface area contributed by atoms with Crippen molar-refractivity contribution in [1.29, 1.82) is 0 Å². The molecule has 0 bridgehead atoms. The summed E-state index contributed by atoms with van der Waals surface area (Å²) in [6, 6.07) is 2.19. The molecule has 3 nitrogen and oxygen atoms in total. The van der Waals surface area contributed by atoms with Crippen LogP contribution < -0.4 is 5.32 Å². The second kappa shape index (κ2) is 7.01. The Bertz CT molecular complexity index is 372. The highest BCUT2D eigenvalue weighted by atomic mass is 79.9. The fourth-order valence-corrected chi connectivity index (χ4v) is 3.65. The van der Waals surface area contributed by atoms with Crippen LogP contribution in [0.25, 0.3) is 0 Å². The lowest BCUT2D eigenvalue weighted by molar-refractivity contribution is 0.0276. The minimum Gasteiger partial charge on any atom is -0.372 e. The highest BCUT2D eigenvalue weighted by molar-refractivity contribution is 9.11. The number of ether oxygens (including phenoxy) is 1. The molecule has 0 radical (unpaired) electrons. The van der Waals surface area contributed by atoms with Crippen LogP contribution in [-0.4, -0.2) is 44.3 Å². The van der Waals surface area contributed by atoms with Crippen LogP contribution in [0.2, 0.25) is 0 Å². The van der Waals surface area contributed by atoms with Gasteiger partial charge in [-0.05, 0) is 59.9 Å². The van der Waals surface area contributed by atoms with Gasteiger partial charge in [-0.3, -0.25) is 4.90 Å². The van der Waals surface area contributed by atoms with Crippen molar-refractivity contribution < 1.29 is 4.74 Å². The van der Waals surface area contributed by atoms with E-state index in [-0.39, 0.29) is 0 Å². The summed E-state index contributed by atoms with van der Waals surface area (Å²) in [7, 11) is 4.15. The zero-order chi connectivity index (χ0) is 13.0. The fraction of sp³-hybridized carbons (Fsp3) is 0.692. The lowest BCUT2D eigenvalue weighted by atomic mass is 10.2. The average molecular weight is 333 g/mol. The highest BCUT2D eigenvalue weighted by Gasteiger charge is 2.25. The summed E-state index contributed by atoms with van der Waals surface area (Å²) in [6.45, 7) is 2.99. The molecule has 2 atom stereocenters. The van der Waals surface area contributed by atoms with E-state index in [9.17, 15) is 0 Å².